The summed E-state index contributed by atoms with van der Waals surface area (Å²) in [6.45, 7) is 2.01. The first-order valence-corrected chi connectivity index (χ1v) is 7.18. The molecule has 0 amide bonds. The zero-order valence-corrected chi connectivity index (χ0v) is 12.2. The average molecular weight is 289 g/mol. The van der Waals surface area contributed by atoms with E-state index in [2.05, 4.69) is 21.6 Å². The van der Waals surface area contributed by atoms with Crippen molar-refractivity contribution in [1.29, 1.82) is 5.26 Å². The molecule has 2 rings (SSSR count). The number of hydrogen-bond acceptors (Lipinski definition) is 6. The summed E-state index contributed by atoms with van der Waals surface area (Å²) in [6, 6.07) is 7.99. The van der Waals surface area contributed by atoms with Gasteiger partial charge in [0.15, 0.2) is 0 Å². The quantitative estimate of drug-likeness (QED) is 0.600. The Labute approximate surface area is 121 Å². The van der Waals surface area contributed by atoms with Gasteiger partial charge in [-0.05, 0) is 41.5 Å². The van der Waals surface area contributed by atoms with E-state index in [-0.39, 0.29) is 0 Å². The first kappa shape index (κ1) is 14.3. The molecule has 0 saturated heterocycles. The van der Waals surface area contributed by atoms with Crippen LogP contribution in [0, 0.1) is 18.3 Å². The molecule has 1 aromatic carbocycles. The highest BCUT2D eigenvalue weighted by Crippen LogP contribution is 2.27. The maximum Gasteiger partial charge on any atom is 0.214 e. The summed E-state index contributed by atoms with van der Waals surface area (Å²) in [4.78, 5) is 0. The maximum absolute atomic E-state index is 8.53. The molecule has 0 aliphatic carbocycles. The van der Waals surface area contributed by atoms with Crippen molar-refractivity contribution >= 4 is 11.8 Å². The van der Waals surface area contributed by atoms with Gasteiger partial charge in [-0.2, -0.15) is 9.94 Å². The molecule has 104 valence electrons. The Hall–Kier alpha value is -2.07. The van der Waals surface area contributed by atoms with E-state index in [1.807, 2.05) is 25.1 Å². The minimum absolute atomic E-state index is 0.544. The monoisotopic (exact) mass is 289 g/mol. The Morgan fingerprint density at radius 1 is 1.45 bits per heavy atom. The lowest BCUT2D eigenvalue weighted by Crippen LogP contribution is -2.02. The maximum atomic E-state index is 8.53. The van der Waals surface area contributed by atoms with Crippen LogP contribution in [0.15, 0.2) is 23.4 Å². The Bertz CT molecular complexity index is 619. The van der Waals surface area contributed by atoms with Crippen LogP contribution in [0.2, 0.25) is 0 Å². The second-order valence-corrected chi connectivity index (χ2v) is 5.22. The number of nitriles is 1. The molecule has 0 spiro atoms. The molecule has 0 fully saturated rings. The molecule has 0 aliphatic rings. The molecule has 0 aliphatic heterocycles. The number of hydrogen-bond donors (Lipinski definition) is 0. The molecule has 7 heteroatoms. The van der Waals surface area contributed by atoms with Gasteiger partial charge in [-0.25, -0.2) is 0 Å². The normalized spacial score (nSPS) is 10.2. The summed E-state index contributed by atoms with van der Waals surface area (Å²) in [7, 11) is 1.62. The van der Waals surface area contributed by atoms with E-state index < -0.39 is 0 Å². The third-order valence-corrected chi connectivity index (χ3v) is 3.67. The molecule has 0 saturated carbocycles. The van der Waals surface area contributed by atoms with E-state index in [9.17, 15) is 0 Å². The van der Waals surface area contributed by atoms with E-state index in [4.69, 9.17) is 10.00 Å². The fourth-order valence-corrected chi connectivity index (χ4v) is 2.52. The van der Waals surface area contributed by atoms with E-state index in [0.717, 1.165) is 29.2 Å². The summed E-state index contributed by atoms with van der Waals surface area (Å²) >= 11 is 1.53. The molecule has 6 nitrogen and oxygen atoms in total. The smallest absolute Gasteiger partial charge is 0.214 e. The van der Waals surface area contributed by atoms with Gasteiger partial charge in [0.05, 0.1) is 13.2 Å². The summed E-state index contributed by atoms with van der Waals surface area (Å²) in [6.07, 6.45) is 1.36. The highest BCUT2D eigenvalue weighted by atomic mass is 32.2. The van der Waals surface area contributed by atoms with E-state index >= 15 is 0 Å². The summed E-state index contributed by atoms with van der Waals surface area (Å²) < 4.78 is 7.02. The van der Waals surface area contributed by atoms with E-state index in [0.29, 0.717) is 11.6 Å². The van der Waals surface area contributed by atoms with Crippen LogP contribution in [-0.4, -0.2) is 33.1 Å². The SMILES string of the molecule is COc1ccc(C)cc1-n1nnnc1SCCCC#N. The highest BCUT2D eigenvalue weighted by Gasteiger charge is 2.13. The van der Waals surface area contributed by atoms with Crippen molar-refractivity contribution in [2.24, 2.45) is 0 Å². The van der Waals surface area contributed by atoms with Crippen LogP contribution >= 0.6 is 11.8 Å². The van der Waals surface area contributed by atoms with Crippen LogP contribution in [0.5, 0.6) is 5.75 Å². The van der Waals surface area contributed by atoms with Crippen LogP contribution in [0.4, 0.5) is 0 Å². The molecular weight excluding hydrogens is 274 g/mol. The van der Waals surface area contributed by atoms with Crippen molar-refractivity contribution in [1.82, 2.24) is 20.2 Å². The molecule has 1 heterocycles. The number of tetrazole rings is 1. The number of unbranched alkanes of at least 4 members (excludes halogenated alkanes) is 1. The van der Waals surface area contributed by atoms with Crippen molar-refractivity contribution in [2.45, 2.75) is 24.9 Å². The zero-order chi connectivity index (χ0) is 14.4. The minimum Gasteiger partial charge on any atom is -0.494 e. The predicted octanol–water partition coefficient (Wildman–Crippen LogP) is 2.38. The van der Waals surface area contributed by atoms with Gasteiger partial charge in [0.1, 0.15) is 11.4 Å². The van der Waals surface area contributed by atoms with Gasteiger partial charge >= 0.3 is 0 Å². The largest absolute Gasteiger partial charge is 0.494 e. The van der Waals surface area contributed by atoms with Crippen LogP contribution in [-0.2, 0) is 0 Å². The molecule has 0 N–H and O–H groups in total. The lowest BCUT2D eigenvalue weighted by Gasteiger charge is -2.10. The Balaban J connectivity index is 2.23. The zero-order valence-electron chi connectivity index (χ0n) is 11.4. The van der Waals surface area contributed by atoms with Crippen molar-refractivity contribution in [3.63, 3.8) is 0 Å². The molecule has 0 bridgehead atoms. The highest BCUT2D eigenvalue weighted by molar-refractivity contribution is 7.99. The standard InChI is InChI=1S/C13H15N5OS/c1-10-5-6-12(19-2)11(9-10)18-13(15-16-17-18)20-8-4-3-7-14/h5-6,9H,3-4,8H2,1-2H3. The number of aromatic nitrogens is 4. The minimum atomic E-state index is 0.544. The number of methoxy groups -OCH3 is 1. The first-order chi connectivity index (χ1) is 9.76. The molecular formula is C13H15N5OS. The Morgan fingerprint density at radius 3 is 3.05 bits per heavy atom. The predicted molar refractivity (Wildman–Crippen MR) is 76.0 cm³/mol. The lowest BCUT2D eigenvalue weighted by atomic mass is 10.2. The number of thioether (sulfide) groups is 1. The van der Waals surface area contributed by atoms with Crippen LogP contribution in [0.3, 0.4) is 0 Å². The van der Waals surface area contributed by atoms with E-state index in [1.54, 1.807) is 11.8 Å². The average Bonchev–Trinajstić information content (AvgIpc) is 2.92. The number of rotatable bonds is 6. The summed E-state index contributed by atoms with van der Waals surface area (Å²) in [5, 5.41) is 21.0. The van der Waals surface area contributed by atoms with E-state index in [1.165, 1.54) is 11.8 Å². The number of aryl methyl sites for hydroxylation is 1. The van der Waals surface area contributed by atoms with Crippen molar-refractivity contribution in [2.75, 3.05) is 12.9 Å². The Kier molecular flexibility index (Phi) is 4.96. The summed E-state index contributed by atoms with van der Waals surface area (Å²) in [5.41, 5.74) is 1.93. The van der Waals surface area contributed by atoms with Gasteiger partial charge in [0.25, 0.3) is 0 Å². The van der Waals surface area contributed by atoms with Crippen LogP contribution < -0.4 is 4.74 Å². The third kappa shape index (κ3) is 3.27. The lowest BCUT2D eigenvalue weighted by molar-refractivity contribution is 0.410. The number of ether oxygens (including phenoxy) is 1. The fraction of sp³-hybridized carbons (Fsp3) is 0.385. The molecule has 0 radical (unpaired) electrons. The molecule has 0 unspecified atom stereocenters. The molecule has 0 atom stereocenters. The second-order valence-electron chi connectivity index (χ2n) is 4.16. The fourth-order valence-electron chi connectivity index (χ4n) is 1.70. The number of nitrogens with zero attached hydrogens (tertiary/aromatic N) is 5. The first-order valence-electron chi connectivity index (χ1n) is 6.19. The second kappa shape index (κ2) is 6.91. The van der Waals surface area contributed by atoms with Crippen LogP contribution in [0.25, 0.3) is 5.69 Å². The van der Waals surface area contributed by atoms with Gasteiger partial charge in [-0.3, -0.25) is 0 Å². The third-order valence-electron chi connectivity index (χ3n) is 2.67. The molecule has 20 heavy (non-hydrogen) atoms. The molecule has 2 aromatic rings. The van der Waals surface area contributed by atoms with Crippen LogP contribution in [0.1, 0.15) is 18.4 Å². The Morgan fingerprint density at radius 2 is 2.30 bits per heavy atom. The van der Waals surface area contributed by atoms with Gasteiger partial charge in [-0.15, -0.1) is 5.10 Å². The molecule has 1 aromatic heterocycles. The van der Waals surface area contributed by atoms with Gasteiger partial charge in [-0.1, -0.05) is 17.8 Å². The summed E-state index contributed by atoms with van der Waals surface area (Å²) in [5.74, 6) is 1.53. The van der Waals surface area contributed by atoms with Gasteiger partial charge < -0.3 is 4.74 Å². The van der Waals surface area contributed by atoms with Gasteiger partial charge in [0.2, 0.25) is 5.16 Å². The van der Waals surface area contributed by atoms with Gasteiger partial charge in [0, 0.05) is 12.2 Å². The van der Waals surface area contributed by atoms with Crippen molar-refractivity contribution < 1.29 is 4.74 Å². The van der Waals surface area contributed by atoms with Crippen molar-refractivity contribution in [3.8, 4) is 17.5 Å². The number of benzene rings is 1. The topological polar surface area (TPSA) is 76.6 Å². The van der Waals surface area contributed by atoms with Crippen molar-refractivity contribution in [3.05, 3.63) is 23.8 Å².